The molecule has 1 unspecified atom stereocenters. The first-order valence-electron chi connectivity index (χ1n) is 9.08. The van der Waals surface area contributed by atoms with Gasteiger partial charge >= 0.3 is 0 Å². The Balaban J connectivity index is 1.50. The predicted molar refractivity (Wildman–Crippen MR) is 100 cm³/mol. The van der Waals surface area contributed by atoms with Crippen LogP contribution >= 0.6 is 0 Å². The van der Waals surface area contributed by atoms with Gasteiger partial charge in [-0.3, -0.25) is 9.78 Å². The van der Waals surface area contributed by atoms with Gasteiger partial charge in [0.1, 0.15) is 0 Å². The van der Waals surface area contributed by atoms with Crippen LogP contribution in [0.25, 0.3) is 0 Å². The molecule has 5 heteroatoms. The van der Waals surface area contributed by atoms with Gasteiger partial charge in [-0.15, -0.1) is 0 Å². The zero-order valence-electron chi connectivity index (χ0n) is 15.5. The largest absolute Gasteiger partial charge is 0.493 e. The fraction of sp³-hybridized carbons (Fsp3) is 0.429. The lowest BCUT2D eigenvalue weighted by atomic mass is 10.0. The number of pyridine rings is 1. The fourth-order valence-electron chi connectivity index (χ4n) is 3.49. The van der Waals surface area contributed by atoms with Crippen LogP contribution in [0.2, 0.25) is 0 Å². The van der Waals surface area contributed by atoms with E-state index in [1.807, 2.05) is 41.4 Å². The molecule has 1 saturated heterocycles. The second-order valence-electron chi connectivity index (χ2n) is 6.71. The second kappa shape index (κ2) is 8.70. The summed E-state index contributed by atoms with van der Waals surface area (Å²) < 4.78 is 10.6. The molecule has 5 nitrogen and oxygen atoms in total. The molecule has 138 valence electrons. The van der Waals surface area contributed by atoms with Gasteiger partial charge in [-0.1, -0.05) is 12.1 Å². The average molecular weight is 354 g/mol. The number of hydrogen-bond donors (Lipinski definition) is 0. The van der Waals surface area contributed by atoms with E-state index in [0.717, 1.165) is 37.2 Å². The highest BCUT2D eigenvalue weighted by Gasteiger charge is 2.26. The maximum absolute atomic E-state index is 12.5. The first-order chi connectivity index (χ1) is 12.7. The molecule has 0 N–H and O–H groups in total. The van der Waals surface area contributed by atoms with Crippen LogP contribution in [-0.4, -0.2) is 43.1 Å². The molecule has 1 aromatic heterocycles. The van der Waals surface area contributed by atoms with E-state index in [9.17, 15) is 4.79 Å². The highest BCUT2D eigenvalue weighted by Crippen LogP contribution is 2.28. The Morgan fingerprint density at radius 3 is 2.77 bits per heavy atom. The number of benzene rings is 1. The third-order valence-corrected chi connectivity index (χ3v) is 4.94. The Morgan fingerprint density at radius 1 is 1.19 bits per heavy atom. The van der Waals surface area contributed by atoms with Crippen LogP contribution in [-0.2, 0) is 17.6 Å². The molecular formula is C21H26N2O3. The van der Waals surface area contributed by atoms with Crippen LogP contribution < -0.4 is 9.47 Å². The number of hydrogen-bond acceptors (Lipinski definition) is 4. The van der Waals surface area contributed by atoms with E-state index in [-0.39, 0.29) is 5.91 Å². The van der Waals surface area contributed by atoms with Crippen molar-refractivity contribution in [1.82, 2.24) is 9.88 Å². The number of amides is 1. The zero-order chi connectivity index (χ0) is 18.4. The topological polar surface area (TPSA) is 51.7 Å². The van der Waals surface area contributed by atoms with Crippen molar-refractivity contribution in [1.29, 1.82) is 0 Å². The number of ether oxygens (including phenoxy) is 2. The lowest BCUT2D eigenvalue weighted by molar-refractivity contribution is -0.130. The van der Waals surface area contributed by atoms with E-state index in [2.05, 4.69) is 11.1 Å². The lowest BCUT2D eigenvalue weighted by Crippen LogP contribution is -2.29. The molecule has 0 aliphatic carbocycles. The SMILES string of the molecule is COc1ccc(CCC(=O)N2CCC(Cc3ccccn3)C2)cc1OC. The minimum Gasteiger partial charge on any atom is -0.493 e. The number of nitrogens with zero attached hydrogens (tertiary/aromatic N) is 2. The summed E-state index contributed by atoms with van der Waals surface area (Å²) in [6, 6.07) is 11.8. The van der Waals surface area contributed by atoms with Crippen molar-refractivity contribution in [2.75, 3.05) is 27.3 Å². The van der Waals surface area contributed by atoms with Crippen LogP contribution in [0.15, 0.2) is 42.6 Å². The van der Waals surface area contributed by atoms with Gasteiger partial charge in [0.15, 0.2) is 11.5 Å². The Bertz CT molecular complexity index is 733. The molecule has 1 aliphatic heterocycles. The Kier molecular flexibility index (Phi) is 6.10. The first-order valence-corrected chi connectivity index (χ1v) is 9.08. The number of carbonyl (C=O) groups excluding carboxylic acids is 1. The van der Waals surface area contributed by atoms with Gasteiger partial charge in [-0.2, -0.15) is 0 Å². The smallest absolute Gasteiger partial charge is 0.222 e. The summed E-state index contributed by atoms with van der Waals surface area (Å²) in [4.78, 5) is 18.9. The monoisotopic (exact) mass is 354 g/mol. The molecule has 1 amide bonds. The molecule has 0 spiro atoms. The molecule has 26 heavy (non-hydrogen) atoms. The number of likely N-dealkylation sites (tertiary alicyclic amines) is 1. The number of carbonyl (C=O) groups is 1. The van der Waals surface area contributed by atoms with E-state index in [1.54, 1.807) is 14.2 Å². The standard InChI is InChI=1S/C21H26N2O3/c1-25-19-8-6-16(14-20(19)26-2)7-9-21(24)23-12-10-17(15-23)13-18-5-3-4-11-22-18/h3-6,8,11,14,17H,7,9-10,12-13,15H2,1-2H3. The van der Waals surface area contributed by atoms with E-state index in [0.29, 0.717) is 30.3 Å². The van der Waals surface area contributed by atoms with Crippen molar-refractivity contribution in [3.05, 3.63) is 53.9 Å². The molecule has 0 radical (unpaired) electrons. The highest BCUT2D eigenvalue weighted by atomic mass is 16.5. The number of methoxy groups -OCH3 is 2. The summed E-state index contributed by atoms with van der Waals surface area (Å²) in [5, 5.41) is 0. The summed E-state index contributed by atoms with van der Waals surface area (Å²) in [5.74, 6) is 2.15. The van der Waals surface area contributed by atoms with E-state index in [4.69, 9.17) is 9.47 Å². The number of rotatable bonds is 7. The number of aryl methyl sites for hydroxylation is 1. The fourth-order valence-corrected chi connectivity index (χ4v) is 3.49. The lowest BCUT2D eigenvalue weighted by Gasteiger charge is -2.17. The molecule has 3 rings (SSSR count). The maximum atomic E-state index is 12.5. The first kappa shape index (κ1) is 18.2. The van der Waals surface area contributed by atoms with Crippen LogP contribution in [0.4, 0.5) is 0 Å². The average Bonchev–Trinajstić information content (AvgIpc) is 3.15. The summed E-state index contributed by atoms with van der Waals surface area (Å²) >= 11 is 0. The molecule has 2 aromatic rings. The van der Waals surface area contributed by atoms with E-state index >= 15 is 0 Å². The van der Waals surface area contributed by atoms with Crippen molar-refractivity contribution in [2.24, 2.45) is 5.92 Å². The molecule has 1 aromatic carbocycles. The molecule has 0 bridgehead atoms. The summed E-state index contributed by atoms with van der Waals surface area (Å²) in [5.41, 5.74) is 2.19. The quantitative estimate of drug-likeness (QED) is 0.767. The van der Waals surface area contributed by atoms with Crippen molar-refractivity contribution in [2.45, 2.75) is 25.7 Å². The zero-order valence-corrected chi connectivity index (χ0v) is 15.5. The van der Waals surface area contributed by atoms with E-state index in [1.165, 1.54) is 0 Å². The van der Waals surface area contributed by atoms with Gasteiger partial charge in [0, 0.05) is 31.4 Å². The van der Waals surface area contributed by atoms with Crippen molar-refractivity contribution >= 4 is 5.91 Å². The third kappa shape index (κ3) is 4.54. The molecule has 2 heterocycles. The molecular weight excluding hydrogens is 328 g/mol. The minimum absolute atomic E-state index is 0.225. The Hall–Kier alpha value is -2.56. The van der Waals surface area contributed by atoms with Crippen molar-refractivity contribution in [3.8, 4) is 11.5 Å². The second-order valence-corrected chi connectivity index (χ2v) is 6.71. The summed E-state index contributed by atoms with van der Waals surface area (Å²) in [7, 11) is 3.24. The maximum Gasteiger partial charge on any atom is 0.222 e. The number of aromatic nitrogens is 1. The van der Waals surface area contributed by atoms with Crippen molar-refractivity contribution < 1.29 is 14.3 Å². The van der Waals surface area contributed by atoms with Gasteiger partial charge in [0.2, 0.25) is 5.91 Å². The van der Waals surface area contributed by atoms with Crippen LogP contribution in [0.1, 0.15) is 24.1 Å². The molecule has 1 fully saturated rings. The van der Waals surface area contributed by atoms with E-state index < -0.39 is 0 Å². The summed E-state index contributed by atoms with van der Waals surface area (Å²) in [6.07, 6.45) is 5.06. The van der Waals surface area contributed by atoms with Gasteiger partial charge in [-0.05, 0) is 55.0 Å². The molecule has 0 saturated carbocycles. The van der Waals surface area contributed by atoms with Crippen molar-refractivity contribution in [3.63, 3.8) is 0 Å². The van der Waals surface area contributed by atoms with Gasteiger partial charge < -0.3 is 14.4 Å². The van der Waals surface area contributed by atoms with Gasteiger partial charge in [0.05, 0.1) is 14.2 Å². The molecule has 1 atom stereocenters. The van der Waals surface area contributed by atoms with Crippen LogP contribution in [0.5, 0.6) is 11.5 Å². The molecule has 1 aliphatic rings. The minimum atomic E-state index is 0.225. The normalized spacial score (nSPS) is 16.5. The Morgan fingerprint density at radius 2 is 2.04 bits per heavy atom. The van der Waals surface area contributed by atoms with Gasteiger partial charge in [-0.25, -0.2) is 0 Å². The van der Waals surface area contributed by atoms with Gasteiger partial charge in [0.25, 0.3) is 0 Å². The highest BCUT2D eigenvalue weighted by molar-refractivity contribution is 5.76. The summed E-state index contributed by atoms with van der Waals surface area (Å²) in [6.45, 7) is 1.68. The Labute approximate surface area is 155 Å². The van der Waals surface area contributed by atoms with Crippen LogP contribution in [0.3, 0.4) is 0 Å². The predicted octanol–water partition coefficient (Wildman–Crippen LogP) is 3.12. The third-order valence-electron chi connectivity index (χ3n) is 4.94. The van der Waals surface area contributed by atoms with Crippen LogP contribution in [0, 0.1) is 5.92 Å².